The van der Waals surface area contributed by atoms with Gasteiger partial charge < -0.3 is 19.2 Å². The number of furan rings is 1. The van der Waals surface area contributed by atoms with Gasteiger partial charge in [-0.1, -0.05) is 24.3 Å². The van der Waals surface area contributed by atoms with Gasteiger partial charge in [-0.05, 0) is 54.2 Å². The lowest BCUT2D eigenvalue weighted by atomic mass is 10.0. The predicted octanol–water partition coefficient (Wildman–Crippen LogP) is 4.84. The molecule has 0 saturated heterocycles. The molecule has 148 valence electrons. The van der Waals surface area contributed by atoms with Crippen molar-refractivity contribution in [3.63, 3.8) is 0 Å². The molecule has 4 rings (SSSR count). The smallest absolute Gasteiger partial charge is 0.194 e. The molecule has 2 heterocycles. The number of nitrogens with one attached hydrogen (secondary N) is 1. The molecular formula is C22H21N3O3S. The molecule has 2 aromatic carbocycles. The molecule has 0 radical (unpaired) electrons. The third-order valence-corrected chi connectivity index (χ3v) is 5.03. The highest BCUT2D eigenvalue weighted by Gasteiger charge is 2.33. The summed E-state index contributed by atoms with van der Waals surface area (Å²) in [5.74, 6) is 2.08. The normalized spacial score (nSPS) is 15.7. The van der Waals surface area contributed by atoms with Crippen LogP contribution in [0.3, 0.4) is 0 Å². The summed E-state index contributed by atoms with van der Waals surface area (Å²) in [5.41, 5.74) is 2.77. The third-order valence-electron chi connectivity index (χ3n) is 4.74. The molecule has 29 heavy (non-hydrogen) atoms. The minimum Gasteiger partial charge on any atom is -0.493 e. The molecule has 0 amide bonds. The number of benzene rings is 2. The van der Waals surface area contributed by atoms with Crippen LogP contribution in [-0.4, -0.2) is 30.1 Å². The second kappa shape index (κ2) is 8.36. The number of hydrogen-bond acceptors (Lipinski definition) is 5. The number of para-hydroxylation sites is 1. The van der Waals surface area contributed by atoms with E-state index in [9.17, 15) is 0 Å². The van der Waals surface area contributed by atoms with Crippen LogP contribution in [0.2, 0.25) is 0 Å². The van der Waals surface area contributed by atoms with Crippen LogP contribution in [0.15, 0.2) is 76.4 Å². The van der Waals surface area contributed by atoms with Crippen molar-refractivity contribution in [1.29, 1.82) is 0 Å². The Morgan fingerprint density at radius 1 is 1.07 bits per heavy atom. The van der Waals surface area contributed by atoms with Crippen LogP contribution in [0, 0.1) is 0 Å². The van der Waals surface area contributed by atoms with Gasteiger partial charge in [-0.3, -0.25) is 0 Å². The summed E-state index contributed by atoms with van der Waals surface area (Å²) in [4.78, 5) is 0. The topological polar surface area (TPSA) is 59.2 Å². The zero-order valence-electron chi connectivity index (χ0n) is 16.2. The first-order valence-electron chi connectivity index (χ1n) is 9.18. The maximum absolute atomic E-state index is 5.69. The molecule has 1 aromatic heterocycles. The highest BCUT2D eigenvalue weighted by molar-refractivity contribution is 7.80. The van der Waals surface area contributed by atoms with E-state index < -0.39 is 0 Å². The second-order valence-electron chi connectivity index (χ2n) is 6.50. The lowest BCUT2D eigenvalue weighted by Gasteiger charge is -2.25. The number of thiocarbonyl (C=S) groups is 1. The van der Waals surface area contributed by atoms with E-state index >= 15 is 0 Å². The van der Waals surface area contributed by atoms with Crippen LogP contribution < -0.4 is 14.8 Å². The molecule has 1 atom stereocenters. The fourth-order valence-electron chi connectivity index (χ4n) is 3.31. The second-order valence-corrected chi connectivity index (χ2v) is 6.89. The van der Waals surface area contributed by atoms with E-state index in [4.69, 9.17) is 31.2 Å². The summed E-state index contributed by atoms with van der Waals surface area (Å²) in [5, 5.41) is 10.4. The summed E-state index contributed by atoms with van der Waals surface area (Å²) < 4.78 is 16.4. The van der Waals surface area contributed by atoms with Gasteiger partial charge in [0.05, 0.1) is 26.5 Å². The number of hydrazone groups is 1. The molecule has 3 aromatic rings. The van der Waals surface area contributed by atoms with Crippen molar-refractivity contribution in [2.45, 2.75) is 12.5 Å². The number of rotatable bonds is 5. The standard InChI is InChI=1S/C22H21N3O3S/c1-26-20-11-10-15(13-21(20)27-2)18-14-17(19-9-6-12-28-19)24-25(18)22(29)23-16-7-4-3-5-8-16/h3-13,18H,14H2,1-2H3,(H,23,29)/t18-/m1/s1. The average molecular weight is 407 g/mol. The van der Waals surface area contributed by atoms with Gasteiger partial charge in [-0.25, -0.2) is 5.01 Å². The van der Waals surface area contributed by atoms with Crippen molar-refractivity contribution in [1.82, 2.24) is 5.01 Å². The molecule has 0 spiro atoms. The largest absolute Gasteiger partial charge is 0.493 e. The van der Waals surface area contributed by atoms with Gasteiger partial charge in [0.25, 0.3) is 0 Å². The highest BCUT2D eigenvalue weighted by Crippen LogP contribution is 2.37. The minimum atomic E-state index is -0.0985. The van der Waals surface area contributed by atoms with E-state index in [1.807, 2.05) is 65.7 Å². The van der Waals surface area contributed by atoms with Crippen LogP contribution in [0.5, 0.6) is 11.5 Å². The number of nitrogens with zero attached hydrogens (tertiary/aromatic N) is 2. The van der Waals surface area contributed by atoms with Gasteiger partial charge >= 0.3 is 0 Å². The minimum absolute atomic E-state index is 0.0985. The van der Waals surface area contributed by atoms with Gasteiger partial charge in [-0.2, -0.15) is 5.10 Å². The number of methoxy groups -OCH3 is 2. The average Bonchev–Trinajstić information content (AvgIpc) is 3.44. The molecule has 0 fully saturated rings. The summed E-state index contributed by atoms with van der Waals surface area (Å²) >= 11 is 5.69. The van der Waals surface area contributed by atoms with Crippen LogP contribution in [0.25, 0.3) is 0 Å². The Labute approximate surface area is 174 Å². The first-order chi connectivity index (χ1) is 14.2. The Kier molecular flexibility index (Phi) is 5.48. The van der Waals surface area contributed by atoms with Crippen molar-refractivity contribution in [2.75, 3.05) is 19.5 Å². The zero-order valence-corrected chi connectivity index (χ0v) is 17.0. The third kappa shape index (κ3) is 3.95. The first kappa shape index (κ1) is 19.0. The van der Waals surface area contributed by atoms with Crippen molar-refractivity contribution in [2.24, 2.45) is 5.10 Å². The predicted molar refractivity (Wildman–Crippen MR) is 117 cm³/mol. The Balaban J connectivity index is 1.67. The van der Waals surface area contributed by atoms with Gasteiger partial charge in [-0.15, -0.1) is 0 Å². The van der Waals surface area contributed by atoms with E-state index in [1.54, 1.807) is 20.5 Å². The van der Waals surface area contributed by atoms with Crippen LogP contribution in [0.1, 0.15) is 23.8 Å². The molecule has 6 nitrogen and oxygen atoms in total. The summed E-state index contributed by atoms with van der Waals surface area (Å²) in [7, 11) is 3.25. The van der Waals surface area contributed by atoms with E-state index in [0.717, 1.165) is 22.7 Å². The fraction of sp³-hybridized carbons (Fsp3) is 0.182. The maximum Gasteiger partial charge on any atom is 0.194 e. The van der Waals surface area contributed by atoms with Crippen LogP contribution >= 0.6 is 12.2 Å². The fourth-order valence-corrected chi connectivity index (χ4v) is 3.60. The van der Waals surface area contributed by atoms with E-state index in [0.29, 0.717) is 23.0 Å². The number of anilines is 1. The van der Waals surface area contributed by atoms with Gasteiger partial charge in [0.1, 0.15) is 11.5 Å². The number of ether oxygens (including phenoxy) is 2. The Morgan fingerprint density at radius 3 is 2.55 bits per heavy atom. The molecule has 1 aliphatic rings. The first-order valence-corrected chi connectivity index (χ1v) is 9.59. The van der Waals surface area contributed by atoms with Crippen LogP contribution in [0.4, 0.5) is 5.69 Å². The van der Waals surface area contributed by atoms with Crippen molar-refractivity contribution >= 4 is 28.7 Å². The molecular weight excluding hydrogens is 386 g/mol. The van der Waals surface area contributed by atoms with Gasteiger partial charge in [0.15, 0.2) is 16.6 Å². The van der Waals surface area contributed by atoms with E-state index in [1.165, 1.54) is 0 Å². The van der Waals surface area contributed by atoms with Crippen molar-refractivity contribution in [3.8, 4) is 11.5 Å². The van der Waals surface area contributed by atoms with E-state index in [2.05, 4.69) is 5.32 Å². The van der Waals surface area contributed by atoms with Crippen LogP contribution in [-0.2, 0) is 0 Å². The summed E-state index contributed by atoms with van der Waals surface area (Å²) in [6.07, 6.45) is 2.30. The Hall–Kier alpha value is -3.32. The molecule has 7 heteroatoms. The quantitative estimate of drug-likeness (QED) is 0.611. The molecule has 1 aliphatic heterocycles. The summed E-state index contributed by atoms with van der Waals surface area (Å²) in [6.45, 7) is 0. The van der Waals surface area contributed by atoms with E-state index in [-0.39, 0.29) is 6.04 Å². The molecule has 0 saturated carbocycles. The molecule has 0 aliphatic carbocycles. The Morgan fingerprint density at radius 2 is 1.86 bits per heavy atom. The van der Waals surface area contributed by atoms with Crippen molar-refractivity contribution in [3.05, 3.63) is 78.3 Å². The highest BCUT2D eigenvalue weighted by atomic mass is 32.1. The SMILES string of the molecule is COc1ccc([C@H]2CC(c3ccco3)=NN2C(=S)Nc2ccccc2)cc1OC. The number of hydrogen-bond donors (Lipinski definition) is 1. The Bertz CT molecular complexity index is 1020. The summed E-state index contributed by atoms with van der Waals surface area (Å²) in [6, 6.07) is 19.3. The monoisotopic (exact) mass is 407 g/mol. The lowest BCUT2D eigenvalue weighted by Crippen LogP contribution is -2.31. The molecule has 0 bridgehead atoms. The lowest BCUT2D eigenvalue weighted by molar-refractivity contribution is 0.348. The molecule has 0 unspecified atom stereocenters. The van der Waals surface area contributed by atoms with Gasteiger partial charge in [0, 0.05) is 12.1 Å². The molecule has 1 N–H and O–H groups in total. The van der Waals surface area contributed by atoms with Gasteiger partial charge in [0.2, 0.25) is 0 Å². The van der Waals surface area contributed by atoms with Crippen molar-refractivity contribution < 1.29 is 13.9 Å². The maximum atomic E-state index is 5.69. The zero-order chi connectivity index (χ0) is 20.2.